The zero-order valence-corrected chi connectivity index (χ0v) is 13.6. The third kappa shape index (κ3) is 1.97. The van der Waals surface area contributed by atoms with E-state index in [1.165, 1.54) is 19.3 Å². The van der Waals surface area contributed by atoms with Gasteiger partial charge in [-0.05, 0) is 32.1 Å². The fraction of sp³-hybridized carbons (Fsp3) is 1.00. The van der Waals surface area contributed by atoms with Gasteiger partial charge in [0.05, 0.1) is 30.0 Å². The molecule has 0 aromatic heterocycles. The van der Waals surface area contributed by atoms with E-state index in [2.05, 4.69) is 6.92 Å². The van der Waals surface area contributed by atoms with Crippen molar-refractivity contribution in [2.75, 3.05) is 0 Å². The molecule has 5 aliphatic rings. The molecule has 5 rings (SSSR count). The molecule has 0 radical (unpaired) electrons. The van der Waals surface area contributed by atoms with Crippen molar-refractivity contribution >= 4 is 0 Å². The molecule has 6 atom stereocenters. The van der Waals surface area contributed by atoms with Crippen molar-refractivity contribution in [3.05, 3.63) is 0 Å². The maximum absolute atomic E-state index is 6.54. The highest BCUT2D eigenvalue weighted by atomic mass is 16.8. The monoisotopic (exact) mass is 308 g/mol. The lowest BCUT2D eigenvalue weighted by atomic mass is 9.76. The van der Waals surface area contributed by atoms with Gasteiger partial charge in [0, 0.05) is 25.7 Å². The van der Waals surface area contributed by atoms with Gasteiger partial charge in [-0.15, -0.1) is 0 Å². The van der Waals surface area contributed by atoms with Gasteiger partial charge in [0.1, 0.15) is 6.10 Å². The Morgan fingerprint density at radius 2 is 1.73 bits per heavy atom. The summed E-state index contributed by atoms with van der Waals surface area (Å²) in [6.45, 7) is 2.23. The second-order valence-electron chi connectivity index (χ2n) is 8.07. The van der Waals surface area contributed by atoms with E-state index in [4.69, 9.17) is 18.9 Å². The van der Waals surface area contributed by atoms with E-state index in [9.17, 15) is 0 Å². The van der Waals surface area contributed by atoms with Gasteiger partial charge < -0.3 is 18.9 Å². The van der Waals surface area contributed by atoms with Gasteiger partial charge in [-0.1, -0.05) is 13.3 Å². The van der Waals surface area contributed by atoms with E-state index in [-0.39, 0.29) is 35.8 Å². The highest BCUT2D eigenvalue weighted by Gasteiger charge is 2.65. The van der Waals surface area contributed by atoms with Crippen molar-refractivity contribution in [1.82, 2.24) is 0 Å². The summed E-state index contributed by atoms with van der Waals surface area (Å²) in [5.74, 6) is -0.299. The number of hydrogen-bond acceptors (Lipinski definition) is 4. The van der Waals surface area contributed by atoms with Crippen LogP contribution in [0.25, 0.3) is 0 Å². The lowest BCUT2D eigenvalue weighted by molar-refractivity contribution is -0.215. The average molecular weight is 308 g/mol. The molecule has 5 fully saturated rings. The van der Waals surface area contributed by atoms with Gasteiger partial charge >= 0.3 is 0 Å². The molecule has 2 spiro atoms. The third-order valence-corrected chi connectivity index (χ3v) is 6.69. The zero-order valence-electron chi connectivity index (χ0n) is 13.6. The molecule has 2 bridgehead atoms. The lowest BCUT2D eigenvalue weighted by Gasteiger charge is -2.44. The highest BCUT2D eigenvalue weighted by molar-refractivity contribution is 5.12. The Labute approximate surface area is 132 Å². The predicted molar refractivity (Wildman–Crippen MR) is 80.6 cm³/mol. The van der Waals surface area contributed by atoms with E-state index < -0.39 is 0 Å². The fourth-order valence-electron chi connectivity index (χ4n) is 5.62. The van der Waals surface area contributed by atoms with Crippen LogP contribution in [0.2, 0.25) is 0 Å². The van der Waals surface area contributed by atoms with E-state index in [1.54, 1.807) is 0 Å². The van der Waals surface area contributed by atoms with Crippen molar-refractivity contribution in [2.45, 2.75) is 113 Å². The van der Waals surface area contributed by atoms with Crippen molar-refractivity contribution in [3.63, 3.8) is 0 Å². The molecule has 0 N–H and O–H groups in total. The van der Waals surface area contributed by atoms with Gasteiger partial charge in [-0.25, -0.2) is 0 Å². The number of rotatable bonds is 1. The van der Waals surface area contributed by atoms with Crippen LogP contribution in [0.5, 0.6) is 0 Å². The Morgan fingerprint density at radius 1 is 0.909 bits per heavy atom. The van der Waals surface area contributed by atoms with E-state index in [0.29, 0.717) is 6.10 Å². The summed E-state index contributed by atoms with van der Waals surface area (Å²) in [6, 6.07) is 0. The minimum absolute atomic E-state index is 0.0890. The molecule has 0 aromatic carbocycles. The van der Waals surface area contributed by atoms with Gasteiger partial charge in [0.25, 0.3) is 0 Å². The third-order valence-electron chi connectivity index (χ3n) is 6.69. The van der Waals surface area contributed by atoms with Crippen LogP contribution in [0.3, 0.4) is 0 Å². The highest BCUT2D eigenvalue weighted by Crippen LogP contribution is 2.55. The first-order valence-corrected chi connectivity index (χ1v) is 9.41. The summed E-state index contributed by atoms with van der Waals surface area (Å²) in [7, 11) is 0. The van der Waals surface area contributed by atoms with Crippen LogP contribution in [-0.4, -0.2) is 41.9 Å². The minimum Gasteiger partial charge on any atom is -0.369 e. The molecule has 22 heavy (non-hydrogen) atoms. The van der Waals surface area contributed by atoms with Crippen LogP contribution in [0.1, 0.15) is 71.1 Å². The molecule has 0 aromatic rings. The van der Waals surface area contributed by atoms with Crippen molar-refractivity contribution < 1.29 is 18.9 Å². The lowest BCUT2D eigenvalue weighted by Crippen LogP contribution is -2.53. The molecule has 4 nitrogen and oxygen atoms in total. The molecule has 2 aliphatic carbocycles. The van der Waals surface area contributed by atoms with E-state index in [1.807, 2.05) is 0 Å². The van der Waals surface area contributed by atoms with Crippen molar-refractivity contribution in [3.8, 4) is 0 Å². The number of fused-ring (bicyclic) bond motifs is 3. The Bertz CT molecular complexity index is 446. The maximum Gasteiger partial charge on any atom is 0.169 e. The summed E-state index contributed by atoms with van der Waals surface area (Å²) in [5.41, 5.74) is -0.0890. The smallest absolute Gasteiger partial charge is 0.169 e. The topological polar surface area (TPSA) is 36.9 Å². The molecular weight excluding hydrogens is 280 g/mol. The summed E-state index contributed by atoms with van der Waals surface area (Å²) in [5, 5.41) is 0. The molecule has 3 saturated heterocycles. The quantitative estimate of drug-likeness (QED) is 0.744. The summed E-state index contributed by atoms with van der Waals surface area (Å²) < 4.78 is 25.9. The SMILES string of the molecule is CC[C@H]1CC[C@@H]2O[C@@H]3C[C@]2(C[C@H]2OC4(CCCCC4)O[C@@H]32)O1. The predicted octanol–water partition coefficient (Wildman–Crippen LogP) is 3.32. The molecule has 4 heteroatoms. The van der Waals surface area contributed by atoms with Crippen LogP contribution in [0.4, 0.5) is 0 Å². The molecule has 3 aliphatic heterocycles. The van der Waals surface area contributed by atoms with E-state index >= 15 is 0 Å². The molecule has 2 saturated carbocycles. The van der Waals surface area contributed by atoms with Crippen LogP contribution in [0.15, 0.2) is 0 Å². The maximum atomic E-state index is 6.54. The van der Waals surface area contributed by atoms with Crippen LogP contribution < -0.4 is 0 Å². The first-order valence-electron chi connectivity index (χ1n) is 9.41. The fourth-order valence-corrected chi connectivity index (χ4v) is 5.62. The molecule has 0 unspecified atom stereocenters. The van der Waals surface area contributed by atoms with Crippen LogP contribution in [-0.2, 0) is 18.9 Å². The second kappa shape index (κ2) is 4.92. The second-order valence-corrected chi connectivity index (χ2v) is 8.07. The normalized spacial score (nSPS) is 52.5. The Hall–Kier alpha value is -0.160. The standard InChI is InChI=1S/C18H28O4/c1-2-12-6-7-15-17(20-12)10-13(19-15)16-14(11-17)21-18(22-16)8-4-3-5-9-18/h12-16H,2-11H2,1H3/t12-,13+,14+,15-,16-,17+/m0/s1. The first kappa shape index (κ1) is 14.2. The average Bonchev–Trinajstić information content (AvgIpc) is 3.03. The first-order chi connectivity index (χ1) is 10.7. The largest absolute Gasteiger partial charge is 0.369 e. The van der Waals surface area contributed by atoms with Gasteiger partial charge in [0.2, 0.25) is 0 Å². The van der Waals surface area contributed by atoms with Gasteiger partial charge in [-0.2, -0.15) is 0 Å². The van der Waals surface area contributed by atoms with Crippen molar-refractivity contribution in [2.24, 2.45) is 0 Å². The van der Waals surface area contributed by atoms with Crippen LogP contribution >= 0.6 is 0 Å². The Kier molecular flexibility index (Phi) is 3.18. The number of hydrogen-bond donors (Lipinski definition) is 0. The van der Waals surface area contributed by atoms with E-state index in [0.717, 1.165) is 44.9 Å². The summed E-state index contributed by atoms with van der Waals surface area (Å²) in [4.78, 5) is 0. The van der Waals surface area contributed by atoms with Crippen molar-refractivity contribution in [1.29, 1.82) is 0 Å². The Morgan fingerprint density at radius 3 is 2.55 bits per heavy atom. The zero-order chi connectivity index (χ0) is 14.8. The molecule has 3 heterocycles. The molecular formula is C18H28O4. The Balaban J connectivity index is 1.39. The minimum atomic E-state index is -0.299. The van der Waals surface area contributed by atoms with Gasteiger partial charge in [-0.3, -0.25) is 0 Å². The van der Waals surface area contributed by atoms with Gasteiger partial charge in [0.15, 0.2) is 5.79 Å². The summed E-state index contributed by atoms with van der Waals surface area (Å²) in [6.07, 6.45) is 12.4. The molecule has 0 amide bonds. The van der Waals surface area contributed by atoms with Crippen LogP contribution in [0, 0.1) is 0 Å². The summed E-state index contributed by atoms with van der Waals surface area (Å²) >= 11 is 0. The molecule has 124 valence electrons. The number of ether oxygens (including phenoxy) is 4.